The summed E-state index contributed by atoms with van der Waals surface area (Å²) in [6.07, 6.45) is 2.17. The highest BCUT2D eigenvalue weighted by Crippen LogP contribution is 2.21. The molecule has 7 heteroatoms. The molecule has 25 heavy (non-hydrogen) atoms. The number of fused-ring (bicyclic) bond motifs is 1. The lowest BCUT2D eigenvalue weighted by Gasteiger charge is -2.27. The van der Waals surface area contributed by atoms with Crippen LogP contribution in [0.4, 0.5) is 0 Å². The molecule has 1 saturated heterocycles. The highest BCUT2D eigenvalue weighted by atomic mass is 16.3. The Kier molecular flexibility index (Phi) is 4.17. The summed E-state index contributed by atoms with van der Waals surface area (Å²) in [5, 5.41) is 14.5. The van der Waals surface area contributed by atoms with Crippen LogP contribution in [0.3, 0.4) is 0 Å². The maximum absolute atomic E-state index is 12.5. The summed E-state index contributed by atoms with van der Waals surface area (Å²) in [6.45, 7) is 6.46. The number of pyridine rings is 1. The van der Waals surface area contributed by atoms with E-state index in [1.54, 1.807) is 12.1 Å². The van der Waals surface area contributed by atoms with Crippen LogP contribution in [0.25, 0.3) is 0 Å². The molecule has 0 spiro atoms. The number of nitrogens with zero attached hydrogens (tertiary/aromatic N) is 5. The summed E-state index contributed by atoms with van der Waals surface area (Å²) in [6, 6.07) is 5.41. The lowest BCUT2D eigenvalue weighted by Crippen LogP contribution is -2.33. The van der Waals surface area contributed by atoms with Crippen molar-refractivity contribution in [1.29, 1.82) is 0 Å². The predicted octanol–water partition coefficient (Wildman–Crippen LogP) is 1.54. The third kappa shape index (κ3) is 3.24. The average molecular weight is 341 g/mol. The molecule has 0 atom stereocenters. The van der Waals surface area contributed by atoms with Crippen LogP contribution >= 0.6 is 0 Å². The molecule has 0 aliphatic carbocycles. The first-order chi connectivity index (χ1) is 12.1. The van der Waals surface area contributed by atoms with Gasteiger partial charge < -0.3 is 10.0 Å². The minimum Gasteiger partial charge on any atom is -0.506 e. The number of aryl methyl sites for hydroxylation is 1. The molecular formula is C18H23N5O2. The van der Waals surface area contributed by atoms with Crippen molar-refractivity contribution in [2.24, 2.45) is 0 Å². The molecule has 132 valence electrons. The molecule has 4 rings (SSSR count). The van der Waals surface area contributed by atoms with Crippen molar-refractivity contribution in [2.75, 3.05) is 19.6 Å². The van der Waals surface area contributed by atoms with Crippen molar-refractivity contribution in [1.82, 2.24) is 24.6 Å². The molecule has 2 aromatic heterocycles. The SMILES string of the molecule is Cc1ccc(O)c(CN2CCn3nc(C(=O)N4CCCC4)cc3C2)n1. The molecule has 1 N–H and O–H groups in total. The maximum Gasteiger partial charge on any atom is 0.274 e. The van der Waals surface area contributed by atoms with Gasteiger partial charge in [0, 0.05) is 38.4 Å². The van der Waals surface area contributed by atoms with Gasteiger partial charge in [0.05, 0.1) is 17.9 Å². The predicted molar refractivity (Wildman–Crippen MR) is 92.1 cm³/mol. The molecule has 2 aliphatic heterocycles. The second-order valence-electron chi connectivity index (χ2n) is 6.87. The van der Waals surface area contributed by atoms with Crippen LogP contribution in [0.15, 0.2) is 18.2 Å². The normalized spacial score (nSPS) is 17.7. The average Bonchev–Trinajstić information content (AvgIpc) is 3.26. The van der Waals surface area contributed by atoms with E-state index in [1.807, 2.05) is 22.6 Å². The molecule has 0 bridgehead atoms. The van der Waals surface area contributed by atoms with Gasteiger partial charge in [0.2, 0.25) is 0 Å². The first kappa shape index (κ1) is 16.1. The second-order valence-corrected chi connectivity index (χ2v) is 6.87. The smallest absolute Gasteiger partial charge is 0.274 e. The molecule has 0 aromatic carbocycles. The molecule has 0 radical (unpaired) electrons. The number of rotatable bonds is 3. The number of hydrogen-bond donors (Lipinski definition) is 1. The Balaban J connectivity index is 1.47. The van der Waals surface area contributed by atoms with E-state index in [0.29, 0.717) is 24.5 Å². The first-order valence-electron chi connectivity index (χ1n) is 8.84. The van der Waals surface area contributed by atoms with Crippen molar-refractivity contribution in [3.05, 3.63) is 41.0 Å². The van der Waals surface area contributed by atoms with E-state index in [0.717, 1.165) is 50.4 Å². The van der Waals surface area contributed by atoms with Crippen molar-refractivity contribution < 1.29 is 9.90 Å². The Bertz CT molecular complexity index is 795. The molecule has 1 fully saturated rings. The van der Waals surface area contributed by atoms with E-state index in [9.17, 15) is 9.90 Å². The summed E-state index contributed by atoms with van der Waals surface area (Å²) in [5.74, 6) is 0.276. The molecule has 0 unspecified atom stereocenters. The Morgan fingerprint density at radius 3 is 2.80 bits per heavy atom. The third-order valence-electron chi connectivity index (χ3n) is 4.95. The molecule has 1 amide bonds. The molecular weight excluding hydrogens is 318 g/mol. The summed E-state index contributed by atoms with van der Waals surface area (Å²) >= 11 is 0. The Morgan fingerprint density at radius 2 is 2.00 bits per heavy atom. The van der Waals surface area contributed by atoms with E-state index in [-0.39, 0.29) is 11.7 Å². The van der Waals surface area contributed by atoms with Gasteiger partial charge in [-0.3, -0.25) is 19.4 Å². The van der Waals surface area contributed by atoms with E-state index < -0.39 is 0 Å². The molecule has 4 heterocycles. The van der Waals surface area contributed by atoms with Crippen LogP contribution < -0.4 is 0 Å². The van der Waals surface area contributed by atoms with Crippen molar-refractivity contribution >= 4 is 5.91 Å². The highest BCUT2D eigenvalue weighted by Gasteiger charge is 2.25. The van der Waals surface area contributed by atoms with Gasteiger partial charge in [0.1, 0.15) is 5.75 Å². The van der Waals surface area contributed by atoms with E-state index in [1.165, 1.54) is 0 Å². The topological polar surface area (TPSA) is 74.5 Å². The minimum absolute atomic E-state index is 0.0453. The van der Waals surface area contributed by atoms with Crippen molar-refractivity contribution in [3.8, 4) is 5.75 Å². The van der Waals surface area contributed by atoms with Gasteiger partial charge in [0.15, 0.2) is 5.69 Å². The lowest BCUT2D eigenvalue weighted by atomic mass is 10.2. The number of amides is 1. The van der Waals surface area contributed by atoms with Gasteiger partial charge >= 0.3 is 0 Å². The molecule has 7 nitrogen and oxygen atoms in total. The zero-order chi connectivity index (χ0) is 17.4. The number of carbonyl (C=O) groups excluding carboxylic acids is 1. The number of likely N-dealkylation sites (tertiary alicyclic amines) is 1. The second kappa shape index (κ2) is 6.48. The van der Waals surface area contributed by atoms with E-state index in [4.69, 9.17) is 0 Å². The third-order valence-corrected chi connectivity index (χ3v) is 4.95. The van der Waals surface area contributed by atoms with Gasteiger partial charge in [-0.15, -0.1) is 0 Å². The fourth-order valence-electron chi connectivity index (χ4n) is 3.57. The van der Waals surface area contributed by atoms with Crippen molar-refractivity contribution in [3.63, 3.8) is 0 Å². The number of carbonyl (C=O) groups is 1. The van der Waals surface area contributed by atoms with Crippen LogP contribution in [0, 0.1) is 6.92 Å². The monoisotopic (exact) mass is 341 g/mol. The van der Waals surface area contributed by atoms with Crippen LogP contribution in [0.1, 0.15) is 40.4 Å². The molecule has 2 aliphatic rings. The zero-order valence-corrected chi connectivity index (χ0v) is 14.5. The van der Waals surface area contributed by atoms with E-state index >= 15 is 0 Å². The van der Waals surface area contributed by atoms with Gasteiger partial charge in [-0.05, 0) is 38.0 Å². The summed E-state index contributed by atoms with van der Waals surface area (Å²) < 4.78 is 1.93. The summed E-state index contributed by atoms with van der Waals surface area (Å²) in [5.41, 5.74) is 3.19. The number of aromatic nitrogens is 3. The Hall–Kier alpha value is -2.41. The fraction of sp³-hybridized carbons (Fsp3) is 0.500. The van der Waals surface area contributed by atoms with E-state index in [2.05, 4.69) is 15.0 Å². The lowest BCUT2D eigenvalue weighted by molar-refractivity contribution is 0.0786. The quantitative estimate of drug-likeness (QED) is 0.917. The van der Waals surface area contributed by atoms with Crippen LogP contribution in [0.5, 0.6) is 5.75 Å². The Morgan fingerprint density at radius 1 is 1.20 bits per heavy atom. The summed E-state index contributed by atoms with van der Waals surface area (Å²) in [4.78, 5) is 21.1. The largest absolute Gasteiger partial charge is 0.506 e. The van der Waals surface area contributed by atoms with Gasteiger partial charge in [-0.25, -0.2) is 0 Å². The van der Waals surface area contributed by atoms with Crippen LogP contribution in [-0.2, 0) is 19.6 Å². The van der Waals surface area contributed by atoms with Gasteiger partial charge in [-0.2, -0.15) is 5.10 Å². The van der Waals surface area contributed by atoms with Gasteiger partial charge in [0.25, 0.3) is 5.91 Å². The summed E-state index contributed by atoms with van der Waals surface area (Å²) in [7, 11) is 0. The van der Waals surface area contributed by atoms with Crippen molar-refractivity contribution in [2.45, 2.75) is 39.4 Å². The zero-order valence-electron chi connectivity index (χ0n) is 14.5. The number of aromatic hydroxyl groups is 1. The number of hydrogen-bond acceptors (Lipinski definition) is 5. The molecule has 2 aromatic rings. The Labute approximate surface area is 146 Å². The van der Waals surface area contributed by atoms with Crippen LogP contribution in [-0.4, -0.2) is 55.2 Å². The maximum atomic E-state index is 12.5. The first-order valence-corrected chi connectivity index (χ1v) is 8.84. The minimum atomic E-state index is 0.0453. The van der Waals surface area contributed by atoms with Crippen LogP contribution in [0.2, 0.25) is 0 Å². The van der Waals surface area contributed by atoms with Gasteiger partial charge in [-0.1, -0.05) is 0 Å². The standard InChI is InChI=1S/C18H23N5O2/c1-13-4-5-17(24)16(19-13)12-21-8-9-23-14(11-21)10-15(20-23)18(25)22-6-2-3-7-22/h4-5,10,24H,2-3,6-9,11-12H2,1H3. The highest BCUT2D eigenvalue weighted by molar-refractivity contribution is 5.92. The fourth-order valence-corrected chi connectivity index (χ4v) is 3.57. The molecule has 0 saturated carbocycles.